The zero-order valence-corrected chi connectivity index (χ0v) is 11.0. The minimum Gasteiger partial charge on any atom is -0.404 e. The molecular weight excluding hydrogens is 327 g/mol. The summed E-state index contributed by atoms with van der Waals surface area (Å²) in [6.45, 7) is 0.162. The maximum absolute atomic E-state index is 12.2. The molecule has 0 saturated carbocycles. The van der Waals surface area contributed by atoms with E-state index in [1.165, 1.54) is 12.1 Å². The van der Waals surface area contributed by atoms with Crippen LogP contribution in [0.1, 0.15) is 12.0 Å². The van der Waals surface area contributed by atoms with Crippen molar-refractivity contribution in [1.29, 1.82) is 0 Å². The Bertz CT molecular complexity index is 557. The largest absolute Gasteiger partial charge is 0.573 e. The van der Waals surface area contributed by atoms with Crippen LogP contribution in [0.3, 0.4) is 0 Å². The zero-order chi connectivity index (χ0) is 14.3. The standard InChI is InChI=1S/C11H7BrF3N3O/c12-9-5-4-8(3-1-2-6-17-18-16)10(7-9)19-11(13,14)15/h4-5,7H,2,6H2. The molecule has 1 rings (SSSR count). The molecule has 8 heteroatoms. The van der Waals surface area contributed by atoms with Crippen LogP contribution in [0.5, 0.6) is 5.75 Å². The van der Waals surface area contributed by atoms with Gasteiger partial charge in [0.05, 0.1) is 5.56 Å². The predicted octanol–water partition coefficient (Wildman–Crippen LogP) is 4.40. The van der Waals surface area contributed by atoms with E-state index >= 15 is 0 Å². The first-order valence-corrected chi connectivity index (χ1v) is 5.76. The normalized spacial score (nSPS) is 10.1. The molecule has 0 radical (unpaired) electrons. The van der Waals surface area contributed by atoms with Gasteiger partial charge in [-0.15, -0.1) is 13.2 Å². The molecule has 0 unspecified atom stereocenters. The third-order valence-electron chi connectivity index (χ3n) is 1.79. The molecule has 0 aliphatic carbocycles. The molecule has 0 atom stereocenters. The van der Waals surface area contributed by atoms with Gasteiger partial charge >= 0.3 is 6.36 Å². The van der Waals surface area contributed by atoms with Gasteiger partial charge in [-0.2, -0.15) is 0 Å². The van der Waals surface area contributed by atoms with Crippen molar-refractivity contribution in [1.82, 2.24) is 0 Å². The van der Waals surface area contributed by atoms with Crippen molar-refractivity contribution >= 4 is 15.9 Å². The molecule has 100 valence electrons. The lowest BCUT2D eigenvalue weighted by molar-refractivity contribution is -0.274. The number of nitrogens with zero attached hydrogens (tertiary/aromatic N) is 3. The Morgan fingerprint density at radius 1 is 1.42 bits per heavy atom. The first-order valence-electron chi connectivity index (χ1n) is 4.97. The molecule has 0 saturated heterocycles. The Balaban J connectivity index is 2.90. The van der Waals surface area contributed by atoms with Crippen LogP contribution in [0.4, 0.5) is 13.2 Å². The molecular formula is C11H7BrF3N3O. The van der Waals surface area contributed by atoms with Gasteiger partial charge in [-0.25, -0.2) is 0 Å². The molecule has 0 spiro atoms. The van der Waals surface area contributed by atoms with Crippen LogP contribution in [0.15, 0.2) is 27.8 Å². The predicted molar refractivity (Wildman–Crippen MR) is 66.3 cm³/mol. The number of hydrogen-bond acceptors (Lipinski definition) is 2. The van der Waals surface area contributed by atoms with E-state index in [1.807, 2.05) is 0 Å². The number of halogens is 4. The summed E-state index contributed by atoms with van der Waals surface area (Å²) in [5, 5.41) is 3.26. The van der Waals surface area contributed by atoms with Crippen molar-refractivity contribution in [2.24, 2.45) is 5.11 Å². The van der Waals surface area contributed by atoms with Crippen LogP contribution in [-0.4, -0.2) is 12.9 Å². The molecule has 19 heavy (non-hydrogen) atoms. The van der Waals surface area contributed by atoms with Gasteiger partial charge in [0.25, 0.3) is 0 Å². The highest BCUT2D eigenvalue weighted by Crippen LogP contribution is 2.28. The first-order chi connectivity index (χ1) is 8.92. The van der Waals surface area contributed by atoms with Gasteiger partial charge in [-0.1, -0.05) is 32.9 Å². The van der Waals surface area contributed by atoms with Crippen LogP contribution in [-0.2, 0) is 0 Å². The van der Waals surface area contributed by atoms with Gasteiger partial charge in [0.15, 0.2) is 0 Å². The number of ether oxygens (including phenoxy) is 1. The minimum atomic E-state index is -4.78. The summed E-state index contributed by atoms with van der Waals surface area (Å²) in [5.74, 6) is 4.77. The van der Waals surface area contributed by atoms with E-state index in [1.54, 1.807) is 6.07 Å². The summed E-state index contributed by atoms with van der Waals surface area (Å²) in [6, 6.07) is 4.15. The van der Waals surface area contributed by atoms with E-state index in [0.29, 0.717) is 4.47 Å². The van der Waals surface area contributed by atoms with Gasteiger partial charge < -0.3 is 4.74 Å². The van der Waals surface area contributed by atoms with Crippen LogP contribution in [0, 0.1) is 11.8 Å². The van der Waals surface area contributed by atoms with Crippen molar-refractivity contribution in [3.05, 3.63) is 38.7 Å². The maximum Gasteiger partial charge on any atom is 0.573 e. The van der Waals surface area contributed by atoms with E-state index in [0.717, 1.165) is 0 Å². The molecule has 0 N–H and O–H groups in total. The van der Waals surface area contributed by atoms with Crippen molar-refractivity contribution in [2.45, 2.75) is 12.8 Å². The van der Waals surface area contributed by atoms with E-state index in [9.17, 15) is 13.2 Å². The quantitative estimate of drug-likeness (QED) is 0.266. The number of hydrogen-bond donors (Lipinski definition) is 0. The fraction of sp³-hybridized carbons (Fsp3) is 0.273. The van der Waals surface area contributed by atoms with E-state index < -0.39 is 6.36 Å². The first kappa shape index (κ1) is 15.2. The minimum absolute atomic E-state index is 0.112. The molecule has 0 heterocycles. The monoisotopic (exact) mass is 333 g/mol. The van der Waals surface area contributed by atoms with Gasteiger partial charge in [-0.05, 0) is 23.7 Å². The molecule has 0 bridgehead atoms. The Morgan fingerprint density at radius 3 is 2.79 bits per heavy atom. The second kappa shape index (κ2) is 6.92. The Kier molecular flexibility index (Phi) is 5.55. The average molecular weight is 334 g/mol. The molecule has 1 aromatic carbocycles. The molecule has 0 aromatic heterocycles. The number of rotatable bonds is 3. The van der Waals surface area contributed by atoms with Crippen molar-refractivity contribution < 1.29 is 17.9 Å². The maximum atomic E-state index is 12.2. The number of azide groups is 1. The molecule has 0 fully saturated rings. The number of alkyl halides is 3. The Hall–Kier alpha value is -1.84. The highest BCUT2D eigenvalue weighted by molar-refractivity contribution is 9.10. The van der Waals surface area contributed by atoms with Crippen LogP contribution >= 0.6 is 15.9 Å². The highest BCUT2D eigenvalue weighted by atomic mass is 79.9. The van der Waals surface area contributed by atoms with Crippen molar-refractivity contribution in [2.75, 3.05) is 6.54 Å². The Labute approximate surface area is 115 Å². The van der Waals surface area contributed by atoms with E-state index in [2.05, 4.69) is 42.5 Å². The zero-order valence-electron chi connectivity index (χ0n) is 9.41. The fourth-order valence-electron chi connectivity index (χ4n) is 1.12. The lowest BCUT2D eigenvalue weighted by Crippen LogP contribution is -2.17. The van der Waals surface area contributed by atoms with Crippen LogP contribution in [0.2, 0.25) is 0 Å². The van der Waals surface area contributed by atoms with Gasteiger partial charge in [-0.3, -0.25) is 0 Å². The average Bonchev–Trinajstić information content (AvgIpc) is 2.29. The second-order valence-electron chi connectivity index (χ2n) is 3.19. The smallest absolute Gasteiger partial charge is 0.404 e. The van der Waals surface area contributed by atoms with E-state index in [-0.39, 0.29) is 24.3 Å². The van der Waals surface area contributed by atoms with E-state index in [4.69, 9.17) is 5.53 Å². The summed E-state index contributed by atoms with van der Waals surface area (Å²) >= 11 is 3.06. The fourth-order valence-corrected chi connectivity index (χ4v) is 1.46. The molecule has 0 aliphatic heterocycles. The number of benzene rings is 1. The molecule has 1 aromatic rings. The lowest BCUT2D eigenvalue weighted by atomic mass is 10.2. The second-order valence-corrected chi connectivity index (χ2v) is 4.11. The summed E-state index contributed by atoms with van der Waals surface area (Å²) in [6.07, 6.45) is -4.52. The van der Waals surface area contributed by atoms with Crippen LogP contribution in [0.25, 0.3) is 10.4 Å². The van der Waals surface area contributed by atoms with Gasteiger partial charge in [0, 0.05) is 22.4 Å². The van der Waals surface area contributed by atoms with Gasteiger partial charge in [0.2, 0.25) is 0 Å². The molecule has 0 aliphatic rings. The third-order valence-corrected chi connectivity index (χ3v) is 2.29. The van der Waals surface area contributed by atoms with Crippen molar-refractivity contribution in [3.63, 3.8) is 0 Å². The van der Waals surface area contributed by atoms with Crippen LogP contribution < -0.4 is 4.74 Å². The lowest BCUT2D eigenvalue weighted by Gasteiger charge is -2.10. The summed E-state index contributed by atoms with van der Waals surface area (Å²) in [4.78, 5) is 2.54. The Morgan fingerprint density at radius 2 is 2.16 bits per heavy atom. The summed E-state index contributed by atoms with van der Waals surface area (Å²) in [5.41, 5.74) is 8.16. The summed E-state index contributed by atoms with van der Waals surface area (Å²) < 4.78 is 40.9. The topological polar surface area (TPSA) is 58.0 Å². The van der Waals surface area contributed by atoms with Crippen molar-refractivity contribution in [3.8, 4) is 17.6 Å². The van der Waals surface area contributed by atoms with Gasteiger partial charge in [0.1, 0.15) is 5.75 Å². The highest BCUT2D eigenvalue weighted by Gasteiger charge is 2.32. The molecule has 4 nitrogen and oxygen atoms in total. The summed E-state index contributed by atoms with van der Waals surface area (Å²) in [7, 11) is 0. The SMILES string of the molecule is [N-]=[N+]=NCCC#Cc1ccc(Br)cc1OC(F)(F)F. The third kappa shape index (κ3) is 6.04. The molecule has 0 amide bonds.